The van der Waals surface area contributed by atoms with E-state index in [0.29, 0.717) is 12.1 Å². The molecule has 6 nitrogen and oxygen atoms in total. The zero-order valence-corrected chi connectivity index (χ0v) is 14.0. The molecule has 1 heterocycles. The van der Waals surface area contributed by atoms with E-state index in [9.17, 15) is 9.59 Å². The average molecular weight is 332 g/mol. The quantitative estimate of drug-likeness (QED) is 0.764. The molecule has 2 aromatic rings. The van der Waals surface area contributed by atoms with Crippen molar-refractivity contribution in [2.45, 2.75) is 31.2 Å². The molecule has 0 aliphatic carbocycles. The molecule has 0 fully saturated rings. The molecule has 7 heteroatoms. The van der Waals surface area contributed by atoms with Crippen molar-refractivity contribution in [3.63, 3.8) is 0 Å². The molecule has 0 saturated heterocycles. The Morgan fingerprint density at radius 1 is 1.13 bits per heavy atom. The number of thioether (sulfide) groups is 1. The second-order valence-electron chi connectivity index (χ2n) is 5.00. The van der Waals surface area contributed by atoms with Crippen LogP contribution in [0, 0.1) is 0 Å². The predicted molar refractivity (Wildman–Crippen MR) is 92.6 cm³/mol. The largest absolute Gasteiger partial charge is 0.324 e. The van der Waals surface area contributed by atoms with Crippen LogP contribution in [0.4, 0.5) is 11.4 Å². The van der Waals surface area contributed by atoms with Crippen LogP contribution in [0.2, 0.25) is 0 Å². The Hall–Kier alpha value is -2.28. The van der Waals surface area contributed by atoms with E-state index >= 15 is 0 Å². The molecular formula is C16H20N4O2S. The molecule has 0 aliphatic rings. The fourth-order valence-electron chi connectivity index (χ4n) is 1.99. The van der Waals surface area contributed by atoms with Gasteiger partial charge in [0.1, 0.15) is 6.54 Å². The van der Waals surface area contributed by atoms with Crippen molar-refractivity contribution in [2.24, 2.45) is 0 Å². The highest BCUT2D eigenvalue weighted by Gasteiger charge is 2.07. The lowest BCUT2D eigenvalue weighted by Crippen LogP contribution is -2.19. The fourth-order valence-corrected chi connectivity index (χ4v) is 2.40. The molecule has 0 aliphatic heterocycles. The second-order valence-corrected chi connectivity index (χ2v) is 5.88. The van der Waals surface area contributed by atoms with Gasteiger partial charge in [-0.05, 0) is 36.9 Å². The van der Waals surface area contributed by atoms with Crippen molar-refractivity contribution in [3.05, 3.63) is 36.7 Å². The zero-order chi connectivity index (χ0) is 16.7. The van der Waals surface area contributed by atoms with E-state index in [1.165, 1.54) is 10.9 Å². The highest BCUT2D eigenvalue weighted by Crippen LogP contribution is 2.17. The number of hydrogen-bond donors (Lipinski definition) is 2. The lowest BCUT2D eigenvalue weighted by molar-refractivity contribution is -0.117. The van der Waals surface area contributed by atoms with E-state index in [0.717, 1.165) is 17.0 Å². The zero-order valence-electron chi connectivity index (χ0n) is 13.2. The average Bonchev–Trinajstić information content (AvgIpc) is 2.95. The van der Waals surface area contributed by atoms with Crippen LogP contribution in [0.15, 0.2) is 41.6 Å². The molecule has 0 spiro atoms. The third-order valence-electron chi connectivity index (χ3n) is 3.07. The van der Waals surface area contributed by atoms with Crippen molar-refractivity contribution >= 4 is 35.0 Å². The molecule has 0 radical (unpaired) electrons. The number of carbonyl (C=O) groups is 2. The summed E-state index contributed by atoms with van der Waals surface area (Å²) in [6.07, 6.45) is 6.44. The minimum atomic E-state index is -0.170. The van der Waals surface area contributed by atoms with E-state index in [1.54, 1.807) is 18.0 Å². The van der Waals surface area contributed by atoms with Gasteiger partial charge < -0.3 is 10.6 Å². The van der Waals surface area contributed by atoms with Crippen molar-refractivity contribution < 1.29 is 9.59 Å². The van der Waals surface area contributed by atoms with Gasteiger partial charge in [-0.25, -0.2) is 0 Å². The molecule has 0 atom stereocenters. The molecule has 122 valence electrons. The van der Waals surface area contributed by atoms with Gasteiger partial charge in [0.2, 0.25) is 11.8 Å². The van der Waals surface area contributed by atoms with Crippen LogP contribution in [0.3, 0.4) is 0 Å². The van der Waals surface area contributed by atoms with Crippen molar-refractivity contribution in [1.82, 2.24) is 9.78 Å². The third kappa shape index (κ3) is 5.45. The minimum Gasteiger partial charge on any atom is -0.324 e. The van der Waals surface area contributed by atoms with Crippen LogP contribution in [0.5, 0.6) is 0 Å². The number of aromatic nitrogens is 2. The number of rotatable bonds is 7. The van der Waals surface area contributed by atoms with Gasteiger partial charge in [-0.2, -0.15) is 5.10 Å². The number of hydrogen-bond acceptors (Lipinski definition) is 4. The number of carbonyl (C=O) groups excluding carboxylic acids is 2. The molecule has 0 bridgehead atoms. The Kier molecular flexibility index (Phi) is 6.22. The maximum Gasteiger partial charge on any atom is 0.246 e. The molecule has 1 aromatic carbocycles. The van der Waals surface area contributed by atoms with E-state index in [2.05, 4.69) is 15.7 Å². The summed E-state index contributed by atoms with van der Waals surface area (Å²) in [6.45, 7) is 2.03. The Balaban J connectivity index is 1.87. The Morgan fingerprint density at radius 2 is 1.83 bits per heavy atom. The molecule has 23 heavy (non-hydrogen) atoms. The lowest BCUT2D eigenvalue weighted by atomic mass is 10.3. The smallest absolute Gasteiger partial charge is 0.246 e. The van der Waals surface area contributed by atoms with Crippen LogP contribution in [0.25, 0.3) is 0 Å². The summed E-state index contributed by atoms with van der Waals surface area (Å²) in [4.78, 5) is 24.7. The standard InChI is InChI=1S/C16H20N4O2S/c1-3-4-15(21)19-13-9-17-20(10-13)11-16(22)18-12-5-7-14(23-2)8-6-12/h5-10H,3-4,11H2,1-2H3,(H,18,22)(H,19,21). The molecule has 2 amide bonds. The van der Waals surface area contributed by atoms with Crippen LogP contribution in [-0.4, -0.2) is 27.9 Å². The highest BCUT2D eigenvalue weighted by molar-refractivity contribution is 7.98. The summed E-state index contributed by atoms with van der Waals surface area (Å²) in [7, 11) is 0. The van der Waals surface area contributed by atoms with Gasteiger partial charge in [-0.15, -0.1) is 11.8 Å². The van der Waals surface area contributed by atoms with Crippen molar-refractivity contribution in [2.75, 3.05) is 16.9 Å². The molecular weight excluding hydrogens is 312 g/mol. The molecule has 2 rings (SSSR count). The number of nitrogens with zero attached hydrogens (tertiary/aromatic N) is 2. The van der Waals surface area contributed by atoms with Gasteiger partial charge in [0.25, 0.3) is 0 Å². The van der Waals surface area contributed by atoms with Gasteiger partial charge in [-0.1, -0.05) is 6.92 Å². The second kappa shape index (κ2) is 8.38. The van der Waals surface area contributed by atoms with Gasteiger partial charge in [-0.3, -0.25) is 14.3 Å². The Bertz CT molecular complexity index is 667. The Labute approximate surface area is 139 Å². The van der Waals surface area contributed by atoms with Crippen molar-refractivity contribution in [3.8, 4) is 0 Å². The normalized spacial score (nSPS) is 10.3. The minimum absolute atomic E-state index is 0.0506. The van der Waals surface area contributed by atoms with Crippen LogP contribution in [-0.2, 0) is 16.1 Å². The van der Waals surface area contributed by atoms with Crippen LogP contribution in [0.1, 0.15) is 19.8 Å². The number of amides is 2. The molecule has 0 unspecified atom stereocenters. The number of benzene rings is 1. The lowest BCUT2D eigenvalue weighted by Gasteiger charge is -2.06. The Morgan fingerprint density at radius 3 is 2.48 bits per heavy atom. The van der Waals surface area contributed by atoms with E-state index in [-0.39, 0.29) is 18.4 Å². The maximum absolute atomic E-state index is 12.0. The van der Waals surface area contributed by atoms with Gasteiger partial charge in [0, 0.05) is 23.2 Å². The molecule has 0 saturated carbocycles. The van der Waals surface area contributed by atoms with Gasteiger partial charge >= 0.3 is 0 Å². The van der Waals surface area contributed by atoms with Crippen LogP contribution < -0.4 is 10.6 Å². The first-order valence-electron chi connectivity index (χ1n) is 7.37. The summed E-state index contributed by atoms with van der Waals surface area (Å²) in [6, 6.07) is 7.64. The van der Waals surface area contributed by atoms with Gasteiger partial charge in [0.15, 0.2) is 0 Å². The monoisotopic (exact) mass is 332 g/mol. The maximum atomic E-state index is 12.0. The van der Waals surface area contributed by atoms with Gasteiger partial charge in [0.05, 0.1) is 11.9 Å². The van der Waals surface area contributed by atoms with Crippen LogP contribution >= 0.6 is 11.8 Å². The highest BCUT2D eigenvalue weighted by atomic mass is 32.2. The first-order valence-corrected chi connectivity index (χ1v) is 8.59. The first kappa shape index (κ1) is 17.1. The summed E-state index contributed by atoms with van der Waals surface area (Å²) in [5.41, 5.74) is 1.34. The van der Waals surface area contributed by atoms with E-state index < -0.39 is 0 Å². The SMILES string of the molecule is CCCC(=O)Nc1cnn(CC(=O)Nc2ccc(SC)cc2)c1. The number of nitrogens with one attached hydrogen (secondary N) is 2. The van der Waals surface area contributed by atoms with Crippen molar-refractivity contribution in [1.29, 1.82) is 0 Å². The van der Waals surface area contributed by atoms with E-state index in [1.807, 2.05) is 37.4 Å². The summed E-state index contributed by atoms with van der Waals surface area (Å²) >= 11 is 1.65. The van der Waals surface area contributed by atoms with E-state index in [4.69, 9.17) is 0 Å². The number of anilines is 2. The fraction of sp³-hybridized carbons (Fsp3) is 0.312. The first-order chi connectivity index (χ1) is 11.1. The third-order valence-corrected chi connectivity index (χ3v) is 3.82. The summed E-state index contributed by atoms with van der Waals surface area (Å²) in [5.74, 6) is -0.221. The summed E-state index contributed by atoms with van der Waals surface area (Å²) < 4.78 is 1.49. The predicted octanol–water partition coefficient (Wildman–Crippen LogP) is 2.98. The molecule has 2 N–H and O–H groups in total. The molecule has 1 aromatic heterocycles. The topological polar surface area (TPSA) is 76.0 Å². The summed E-state index contributed by atoms with van der Waals surface area (Å²) in [5, 5.41) is 9.63.